The van der Waals surface area contributed by atoms with Gasteiger partial charge in [-0.15, -0.1) is 0 Å². The van der Waals surface area contributed by atoms with Gasteiger partial charge in [0.15, 0.2) is 0 Å². The number of carbonyl (C=O) groups excluding carboxylic acids is 2. The fourth-order valence-electron chi connectivity index (χ4n) is 3.08. The number of para-hydroxylation sites is 2. The molecule has 0 saturated heterocycles. The summed E-state index contributed by atoms with van der Waals surface area (Å²) in [5.74, 6) is 0.218. The van der Waals surface area contributed by atoms with Crippen LogP contribution >= 0.6 is 0 Å². The zero-order valence-electron chi connectivity index (χ0n) is 14.6. The zero-order chi connectivity index (χ0) is 18.6. The van der Waals surface area contributed by atoms with Crippen molar-refractivity contribution in [3.05, 3.63) is 66.0 Å². The molecule has 7 nitrogen and oxygen atoms in total. The maximum atomic E-state index is 12.7. The third-order valence-corrected chi connectivity index (χ3v) is 4.49. The number of carbonyl (C=O) groups is 2. The van der Waals surface area contributed by atoms with Gasteiger partial charge < -0.3 is 10.3 Å². The minimum Gasteiger partial charge on any atom is -0.341 e. The summed E-state index contributed by atoms with van der Waals surface area (Å²) in [6.07, 6.45) is 1.18. The SMILES string of the molecule is O=C1CCC(C(=O)N[C@@H](Cc2ccccc2)c2nc3ccccc3[nH]2)=NN1. The number of nitrogens with zero attached hydrogens (tertiary/aromatic N) is 2. The number of aromatic amines is 1. The normalized spacial score (nSPS) is 15.1. The maximum absolute atomic E-state index is 12.7. The molecule has 1 aromatic heterocycles. The van der Waals surface area contributed by atoms with E-state index in [1.165, 1.54) is 0 Å². The Bertz CT molecular complexity index is 976. The molecule has 2 heterocycles. The standard InChI is InChI=1S/C20H19N5O2/c26-18-11-10-16(24-25-18)20(27)23-17(12-13-6-2-1-3-7-13)19-21-14-8-4-5-9-15(14)22-19/h1-9,17H,10-12H2,(H,21,22)(H,23,27)(H,25,26)/t17-/m0/s1. The number of nitrogens with one attached hydrogen (secondary N) is 3. The molecule has 1 aliphatic rings. The summed E-state index contributed by atoms with van der Waals surface area (Å²) in [6, 6.07) is 17.3. The molecule has 3 N–H and O–H groups in total. The third-order valence-electron chi connectivity index (χ3n) is 4.49. The van der Waals surface area contributed by atoms with E-state index in [1.54, 1.807) is 0 Å². The van der Waals surface area contributed by atoms with E-state index in [2.05, 4.69) is 25.8 Å². The van der Waals surface area contributed by atoms with Gasteiger partial charge in [-0.05, 0) is 24.1 Å². The first-order chi connectivity index (χ1) is 13.2. The summed E-state index contributed by atoms with van der Waals surface area (Å²) in [6.45, 7) is 0. The minimum atomic E-state index is -0.340. The number of amides is 2. The molecular formula is C20H19N5O2. The van der Waals surface area contributed by atoms with Crippen molar-refractivity contribution in [3.63, 3.8) is 0 Å². The van der Waals surface area contributed by atoms with Crippen LogP contribution < -0.4 is 10.7 Å². The predicted octanol–water partition coefficient (Wildman–Crippen LogP) is 2.23. The third kappa shape index (κ3) is 3.87. The Morgan fingerprint density at radius 2 is 1.85 bits per heavy atom. The van der Waals surface area contributed by atoms with E-state index in [-0.39, 0.29) is 24.3 Å². The Morgan fingerprint density at radius 1 is 1.07 bits per heavy atom. The summed E-state index contributed by atoms with van der Waals surface area (Å²) in [5, 5.41) is 6.89. The van der Waals surface area contributed by atoms with Crippen molar-refractivity contribution in [3.8, 4) is 0 Å². The fourth-order valence-corrected chi connectivity index (χ4v) is 3.08. The highest BCUT2D eigenvalue weighted by molar-refractivity contribution is 6.39. The van der Waals surface area contributed by atoms with Gasteiger partial charge in [0.2, 0.25) is 5.91 Å². The van der Waals surface area contributed by atoms with Crippen molar-refractivity contribution < 1.29 is 9.59 Å². The number of fused-ring (bicyclic) bond motifs is 1. The lowest BCUT2D eigenvalue weighted by atomic mass is 10.0. The van der Waals surface area contributed by atoms with E-state index in [0.29, 0.717) is 24.4 Å². The summed E-state index contributed by atoms with van der Waals surface area (Å²) in [5.41, 5.74) is 5.54. The van der Waals surface area contributed by atoms with Crippen LogP contribution in [0.1, 0.15) is 30.3 Å². The number of hydrazone groups is 1. The lowest BCUT2D eigenvalue weighted by molar-refractivity contribution is -0.121. The molecule has 136 valence electrons. The minimum absolute atomic E-state index is 0.176. The van der Waals surface area contributed by atoms with Gasteiger partial charge in [-0.3, -0.25) is 9.59 Å². The maximum Gasteiger partial charge on any atom is 0.268 e. The first-order valence-electron chi connectivity index (χ1n) is 8.84. The number of hydrogen-bond acceptors (Lipinski definition) is 4. The van der Waals surface area contributed by atoms with Crippen LogP contribution in [0.15, 0.2) is 59.7 Å². The summed E-state index contributed by atoms with van der Waals surface area (Å²) in [7, 11) is 0. The van der Waals surface area contributed by atoms with Crippen molar-refractivity contribution >= 4 is 28.6 Å². The summed E-state index contributed by atoms with van der Waals surface area (Å²) < 4.78 is 0. The topological polar surface area (TPSA) is 99.2 Å². The van der Waals surface area contributed by atoms with E-state index in [4.69, 9.17) is 0 Å². The highest BCUT2D eigenvalue weighted by atomic mass is 16.2. The Labute approximate surface area is 155 Å². The van der Waals surface area contributed by atoms with Crippen molar-refractivity contribution in [2.75, 3.05) is 0 Å². The zero-order valence-corrected chi connectivity index (χ0v) is 14.6. The largest absolute Gasteiger partial charge is 0.341 e. The Kier molecular flexibility index (Phi) is 4.65. The molecule has 3 aromatic rings. The van der Waals surface area contributed by atoms with Crippen molar-refractivity contribution in [1.29, 1.82) is 0 Å². The molecule has 0 unspecified atom stereocenters. The Balaban J connectivity index is 1.61. The van der Waals surface area contributed by atoms with Crippen LogP contribution in [-0.2, 0) is 16.0 Å². The van der Waals surface area contributed by atoms with Crippen LogP contribution in [0.3, 0.4) is 0 Å². The van der Waals surface area contributed by atoms with E-state index in [9.17, 15) is 9.59 Å². The first-order valence-corrected chi connectivity index (χ1v) is 8.84. The fraction of sp³-hybridized carbons (Fsp3) is 0.200. The molecule has 0 saturated carbocycles. The number of hydrogen-bond donors (Lipinski definition) is 3. The number of H-pyrrole nitrogens is 1. The van der Waals surface area contributed by atoms with Crippen LogP contribution in [0.5, 0.6) is 0 Å². The molecule has 1 aliphatic heterocycles. The number of aromatic nitrogens is 2. The highest BCUT2D eigenvalue weighted by Gasteiger charge is 2.24. The summed E-state index contributed by atoms with van der Waals surface area (Å²) in [4.78, 5) is 31.8. The van der Waals surface area contributed by atoms with Crippen LogP contribution in [0.25, 0.3) is 11.0 Å². The van der Waals surface area contributed by atoms with E-state index in [0.717, 1.165) is 16.6 Å². The van der Waals surface area contributed by atoms with Gasteiger partial charge in [0, 0.05) is 12.8 Å². The van der Waals surface area contributed by atoms with Gasteiger partial charge in [0.1, 0.15) is 11.5 Å². The van der Waals surface area contributed by atoms with Crippen LogP contribution in [0, 0.1) is 0 Å². The molecule has 0 bridgehead atoms. The molecule has 2 aromatic carbocycles. The second-order valence-electron chi connectivity index (χ2n) is 6.45. The molecule has 2 amide bonds. The summed E-state index contributed by atoms with van der Waals surface area (Å²) >= 11 is 0. The number of benzene rings is 2. The van der Waals surface area contributed by atoms with Crippen molar-refractivity contribution in [2.45, 2.75) is 25.3 Å². The molecular weight excluding hydrogens is 342 g/mol. The van der Waals surface area contributed by atoms with Gasteiger partial charge in [-0.1, -0.05) is 42.5 Å². The van der Waals surface area contributed by atoms with Gasteiger partial charge in [-0.2, -0.15) is 5.10 Å². The number of rotatable bonds is 5. The van der Waals surface area contributed by atoms with E-state index < -0.39 is 0 Å². The molecule has 0 spiro atoms. The predicted molar refractivity (Wildman–Crippen MR) is 102 cm³/mol. The average Bonchev–Trinajstić information content (AvgIpc) is 3.13. The van der Waals surface area contributed by atoms with Crippen LogP contribution in [0.2, 0.25) is 0 Å². The van der Waals surface area contributed by atoms with E-state index >= 15 is 0 Å². The van der Waals surface area contributed by atoms with Crippen molar-refractivity contribution in [2.24, 2.45) is 5.10 Å². The van der Waals surface area contributed by atoms with Crippen LogP contribution in [-0.4, -0.2) is 27.5 Å². The molecule has 0 aliphatic carbocycles. The highest BCUT2D eigenvalue weighted by Crippen LogP contribution is 2.20. The Hall–Kier alpha value is -3.48. The second-order valence-corrected chi connectivity index (χ2v) is 6.45. The van der Waals surface area contributed by atoms with Gasteiger partial charge in [0.05, 0.1) is 17.1 Å². The van der Waals surface area contributed by atoms with Crippen molar-refractivity contribution in [1.82, 2.24) is 20.7 Å². The number of imidazole rings is 1. The van der Waals surface area contributed by atoms with E-state index in [1.807, 2.05) is 54.6 Å². The first kappa shape index (κ1) is 17.0. The van der Waals surface area contributed by atoms with Crippen LogP contribution in [0.4, 0.5) is 0 Å². The quantitative estimate of drug-likeness (QED) is 0.650. The molecule has 27 heavy (non-hydrogen) atoms. The Morgan fingerprint density at radius 3 is 2.59 bits per heavy atom. The molecule has 7 heteroatoms. The van der Waals surface area contributed by atoms with Gasteiger partial charge in [0.25, 0.3) is 5.91 Å². The molecule has 0 fully saturated rings. The molecule has 4 rings (SSSR count). The monoisotopic (exact) mass is 361 g/mol. The molecule has 1 atom stereocenters. The molecule has 0 radical (unpaired) electrons. The van der Waals surface area contributed by atoms with Gasteiger partial charge in [-0.25, -0.2) is 10.4 Å². The van der Waals surface area contributed by atoms with Gasteiger partial charge >= 0.3 is 0 Å². The smallest absolute Gasteiger partial charge is 0.268 e. The lowest BCUT2D eigenvalue weighted by Crippen LogP contribution is -2.39. The lowest BCUT2D eigenvalue weighted by Gasteiger charge is -2.19. The second kappa shape index (κ2) is 7.41. The average molecular weight is 361 g/mol.